The van der Waals surface area contributed by atoms with Crippen molar-refractivity contribution < 1.29 is 14.3 Å². The van der Waals surface area contributed by atoms with E-state index in [2.05, 4.69) is 9.97 Å². The van der Waals surface area contributed by atoms with Crippen LogP contribution in [0.1, 0.15) is 18.2 Å². The summed E-state index contributed by atoms with van der Waals surface area (Å²) in [6.45, 7) is 2.17. The number of nitrogens with zero attached hydrogens (tertiary/aromatic N) is 2. The summed E-state index contributed by atoms with van der Waals surface area (Å²) in [5.74, 6) is 1.30. The number of rotatable bonds is 8. The van der Waals surface area contributed by atoms with Gasteiger partial charge in [0, 0.05) is 39.2 Å². The zero-order valence-electron chi connectivity index (χ0n) is 21.3. The molecule has 0 aliphatic carbocycles. The zero-order chi connectivity index (χ0) is 28.0. The van der Waals surface area contributed by atoms with Crippen LogP contribution >= 0.6 is 46.3 Å². The molecule has 4 heterocycles. The number of benzene rings is 2. The maximum Gasteiger partial charge on any atom is 0.259 e. The Morgan fingerprint density at radius 3 is 2.75 bits per heavy atom. The fraction of sp³-hybridized carbons (Fsp3) is 0.241. The topological polar surface area (TPSA) is 92.4 Å². The van der Waals surface area contributed by atoms with E-state index in [1.165, 1.54) is 0 Å². The van der Waals surface area contributed by atoms with E-state index >= 15 is 0 Å². The number of amides is 1. The Hall–Kier alpha value is -3.11. The SMILES string of the molecule is CC1=C(COc2ccc(Cl)cc2-c2nc3ccc(Cl)cc3c(=O)[nH]2)CSC2C(CC(=O)Cc3cccs3)C(=O)N12. The van der Waals surface area contributed by atoms with Gasteiger partial charge in [0.25, 0.3) is 5.56 Å². The maximum absolute atomic E-state index is 13.0. The molecule has 2 unspecified atom stereocenters. The molecular formula is C29H23Cl2N3O4S2. The Morgan fingerprint density at radius 2 is 1.95 bits per heavy atom. The normalized spacial score (nSPS) is 18.6. The molecule has 7 nitrogen and oxygen atoms in total. The van der Waals surface area contributed by atoms with E-state index in [0.717, 1.165) is 16.1 Å². The molecule has 2 aliphatic rings. The molecule has 11 heteroatoms. The molecule has 204 valence electrons. The van der Waals surface area contributed by atoms with E-state index < -0.39 is 0 Å². The fourth-order valence-corrected chi connectivity index (χ4v) is 7.60. The first kappa shape index (κ1) is 27.1. The number of fused-ring (bicyclic) bond motifs is 2. The smallest absolute Gasteiger partial charge is 0.259 e. The lowest BCUT2D eigenvalue weighted by Crippen LogP contribution is -2.60. The lowest BCUT2D eigenvalue weighted by Gasteiger charge is -2.50. The van der Waals surface area contributed by atoms with Gasteiger partial charge < -0.3 is 14.6 Å². The Balaban J connectivity index is 1.18. The number of nitrogens with one attached hydrogen (secondary N) is 1. The molecule has 0 spiro atoms. The molecule has 6 rings (SSSR count). The van der Waals surface area contributed by atoms with Crippen molar-refractivity contribution in [2.24, 2.45) is 5.92 Å². The van der Waals surface area contributed by atoms with Gasteiger partial charge in [-0.1, -0.05) is 29.3 Å². The van der Waals surface area contributed by atoms with Crippen molar-refractivity contribution >= 4 is 68.9 Å². The molecule has 1 saturated heterocycles. The number of ether oxygens (including phenoxy) is 1. The van der Waals surface area contributed by atoms with Crippen LogP contribution in [0.3, 0.4) is 0 Å². The van der Waals surface area contributed by atoms with Crippen molar-refractivity contribution in [2.45, 2.75) is 25.1 Å². The van der Waals surface area contributed by atoms with Crippen molar-refractivity contribution in [3.8, 4) is 17.1 Å². The molecule has 2 atom stereocenters. The molecule has 0 saturated carbocycles. The second-order valence-corrected chi connectivity index (χ2v) is 12.7. The summed E-state index contributed by atoms with van der Waals surface area (Å²) in [5.41, 5.74) is 2.57. The Labute approximate surface area is 248 Å². The van der Waals surface area contributed by atoms with Gasteiger partial charge in [-0.25, -0.2) is 4.98 Å². The summed E-state index contributed by atoms with van der Waals surface area (Å²) >= 11 is 15.6. The molecule has 2 aromatic heterocycles. The number of aromatic amines is 1. The number of halogens is 2. The molecule has 4 aromatic rings. The maximum atomic E-state index is 13.0. The van der Waals surface area contributed by atoms with E-state index in [9.17, 15) is 14.4 Å². The Bertz CT molecular complexity index is 1740. The Morgan fingerprint density at radius 1 is 1.15 bits per heavy atom. The third-order valence-electron chi connectivity index (χ3n) is 7.12. The van der Waals surface area contributed by atoms with E-state index in [-0.39, 0.29) is 41.6 Å². The predicted octanol–water partition coefficient (Wildman–Crippen LogP) is 6.34. The summed E-state index contributed by atoms with van der Waals surface area (Å²) in [6, 6.07) is 14.0. The number of aromatic nitrogens is 2. The third-order valence-corrected chi connectivity index (χ3v) is 9.86. The second-order valence-electron chi connectivity index (χ2n) is 9.71. The number of Topliss-reactive ketones (excluding diaryl/α,β-unsaturated/α-hetero) is 1. The van der Waals surface area contributed by atoms with Crippen molar-refractivity contribution in [3.05, 3.63) is 90.5 Å². The number of ketones is 1. The Kier molecular flexibility index (Phi) is 7.48. The average molecular weight is 613 g/mol. The highest BCUT2D eigenvalue weighted by atomic mass is 35.5. The first-order valence-electron chi connectivity index (χ1n) is 12.6. The van der Waals surface area contributed by atoms with Crippen molar-refractivity contribution in [1.82, 2.24) is 14.9 Å². The molecule has 0 radical (unpaired) electrons. The summed E-state index contributed by atoms with van der Waals surface area (Å²) < 4.78 is 6.22. The van der Waals surface area contributed by atoms with Gasteiger partial charge in [0.2, 0.25) is 5.91 Å². The minimum absolute atomic E-state index is 0.0167. The average Bonchev–Trinajstić information content (AvgIpc) is 3.44. The fourth-order valence-electron chi connectivity index (χ4n) is 5.01. The van der Waals surface area contributed by atoms with Crippen LogP contribution < -0.4 is 10.3 Å². The van der Waals surface area contributed by atoms with E-state index in [1.807, 2.05) is 24.4 Å². The second kappa shape index (κ2) is 11.0. The standard InChI is InChI=1S/C29H23Cl2N3O4S2/c1-15-16(14-40-29-23(28(37)34(15)29)12-19(35)11-20-3-2-8-39-20)13-38-25-7-5-18(31)10-22(25)26-32-24-6-4-17(30)9-21(24)27(36)33-26/h2-10,23,29H,11-14H2,1H3,(H,32,33,36). The molecule has 1 N–H and O–H groups in total. The number of carbonyl (C=O) groups excluding carboxylic acids is 2. The van der Waals surface area contributed by atoms with E-state index in [4.69, 9.17) is 27.9 Å². The monoisotopic (exact) mass is 611 g/mol. The minimum atomic E-state index is -0.318. The summed E-state index contributed by atoms with van der Waals surface area (Å²) in [7, 11) is 0. The molecular weight excluding hydrogens is 589 g/mol. The number of allylic oxidation sites excluding steroid dienone is 1. The van der Waals surface area contributed by atoms with Crippen molar-refractivity contribution in [2.75, 3.05) is 12.4 Å². The predicted molar refractivity (Wildman–Crippen MR) is 160 cm³/mol. The van der Waals surface area contributed by atoms with Crippen LogP contribution in [-0.4, -0.2) is 44.3 Å². The highest BCUT2D eigenvalue weighted by Crippen LogP contribution is 2.45. The first-order valence-corrected chi connectivity index (χ1v) is 15.3. The number of carbonyl (C=O) groups is 2. The van der Waals surface area contributed by atoms with Crippen molar-refractivity contribution in [1.29, 1.82) is 0 Å². The van der Waals surface area contributed by atoms with Gasteiger partial charge in [-0.3, -0.25) is 14.4 Å². The van der Waals surface area contributed by atoms with E-state index in [1.54, 1.807) is 64.4 Å². The van der Waals surface area contributed by atoms with Gasteiger partial charge in [0.1, 0.15) is 24.0 Å². The van der Waals surface area contributed by atoms with Gasteiger partial charge in [-0.2, -0.15) is 0 Å². The first-order chi connectivity index (χ1) is 19.3. The number of hydrogen-bond acceptors (Lipinski definition) is 7. The molecule has 1 fully saturated rings. The van der Waals surface area contributed by atoms with Crippen molar-refractivity contribution in [3.63, 3.8) is 0 Å². The zero-order valence-corrected chi connectivity index (χ0v) is 24.4. The highest BCUT2D eigenvalue weighted by Gasteiger charge is 2.51. The largest absolute Gasteiger partial charge is 0.488 e. The number of hydrogen-bond donors (Lipinski definition) is 1. The van der Waals surface area contributed by atoms with Crippen LogP contribution in [0.2, 0.25) is 10.0 Å². The van der Waals surface area contributed by atoms with Crippen LogP contribution in [0.25, 0.3) is 22.3 Å². The lowest BCUT2D eigenvalue weighted by molar-refractivity contribution is -0.149. The number of thiophene rings is 1. The van der Waals surface area contributed by atoms with Gasteiger partial charge in [0.05, 0.1) is 27.8 Å². The summed E-state index contributed by atoms with van der Waals surface area (Å²) in [5, 5.41) is 3.23. The van der Waals surface area contributed by atoms with Crippen LogP contribution in [0.4, 0.5) is 0 Å². The van der Waals surface area contributed by atoms with Crippen LogP contribution in [0, 0.1) is 5.92 Å². The molecule has 2 aliphatic heterocycles. The van der Waals surface area contributed by atoms with Gasteiger partial charge in [-0.05, 0) is 60.3 Å². The quantitative estimate of drug-likeness (QED) is 0.234. The highest BCUT2D eigenvalue weighted by molar-refractivity contribution is 8.00. The molecule has 0 bridgehead atoms. The minimum Gasteiger partial charge on any atom is -0.488 e. The number of thioether (sulfide) groups is 1. The van der Waals surface area contributed by atoms with Crippen LogP contribution in [-0.2, 0) is 16.0 Å². The number of β-lactam (4-membered cyclic amide) rings is 1. The van der Waals surface area contributed by atoms with Gasteiger partial charge in [-0.15, -0.1) is 23.1 Å². The lowest BCUT2D eigenvalue weighted by atomic mass is 9.90. The van der Waals surface area contributed by atoms with E-state index in [0.29, 0.717) is 50.3 Å². The summed E-state index contributed by atoms with van der Waals surface area (Å²) in [4.78, 5) is 48.6. The third kappa shape index (κ3) is 5.19. The molecule has 40 heavy (non-hydrogen) atoms. The van der Waals surface area contributed by atoms with Gasteiger partial charge in [0.15, 0.2) is 0 Å². The molecule has 1 amide bonds. The number of H-pyrrole nitrogens is 1. The summed E-state index contributed by atoms with van der Waals surface area (Å²) in [6.07, 6.45) is 0.641. The van der Waals surface area contributed by atoms with Crippen LogP contribution in [0.15, 0.2) is 70.0 Å². The van der Waals surface area contributed by atoms with Crippen LogP contribution in [0.5, 0.6) is 5.75 Å². The van der Waals surface area contributed by atoms with Gasteiger partial charge >= 0.3 is 0 Å². The molecule has 2 aromatic carbocycles.